The standard InChI is InChI=1S/C21H25FN6OS/c1-2-30-21-25-18(27-11-4-3-5-12-27)17-14-24-28(19(17)26-21)13-10-23-20(29)15-6-8-16(22)9-7-15/h6-9,14H,2-5,10-13H2,1H3,(H,23,29). The summed E-state index contributed by atoms with van der Waals surface area (Å²) in [5.74, 6) is 1.25. The first-order chi connectivity index (χ1) is 14.7. The van der Waals surface area contributed by atoms with Crippen molar-refractivity contribution in [2.75, 3.05) is 30.3 Å². The molecule has 0 aliphatic carbocycles. The Morgan fingerprint density at radius 2 is 1.93 bits per heavy atom. The molecular formula is C21H25FN6OS. The summed E-state index contributed by atoms with van der Waals surface area (Å²) in [6.07, 6.45) is 5.42. The highest BCUT2D eigenvalue weighted by Crippen LogP contribution is 2.29. The van der Waals surface area contributed by atoms with E-state index in [-0.39, 0.29) is 11.7 Å². The molecule has 2 aromatic heterocycles. The molecule has 0 spiro atoms. The number of halogens is 1. The maximum atomic E-state index is 13.0. The van der Waals surface area contributed by atoms with Crippen LogP contribution in [-0.4, -0.2) is 51.0 Å². The van der Waals surface area contributed by atoms with E-state index >= 15 is 0 Å². The summed E-state index contributed by atoms with van der Waals surface area (Å²) in [6.45, 7) is 4.97. The fourth-order valence-corrected chi connectivity index (χ4v) is 4.16. The van der Waals surface area contributed by atoms with Crippen molar-refractivity contribution in [2.24, 2.45) is 0 Å². The number of anilines is 1. The third-order valence-electron chi connectivity index (χ3n) is 5.10. The molecule has 1 amide bonds. The Morgan fingerprint density at radius 1 is 1.17 bits per heavy atom. The largest absolute Gasteiger partial charge is 0.356 e. The second-order valence-electron chi connectivity index (χ2n) is 7.18. The lowest BCUT2D eigenvalue weighted by molar-refractivity contribution is 0.0952. The highest BCUT2D eigenvalue weighted by Gasteiger charge is 2.20. The SMILES string of the molecule is CCSc1nc(N2CCCCC2)c2cnn(CCNC(=O)c3ccc(F)cc3)c2n1. The Hall–Kier alpha value is -2.68. The van der Waals surface area contributed by atoms with E-state index < -0.39 is 0 Å². The van der Waals surface area contributed by atoms with Crippen molar-refractivity contribution in [3.63, 3.8) is 0 Å². The average Bonchev–Trinajstić information content (AvgIpc) is 3.17. The highest BCUT2D eigenvalue weighted by atomic mass is 32.2. The number of nitrogens with zero attached hydrogens (tertiary/aromatic N) is 5. The van der Waals surface area contributed by atoms with Crippen molar-refractivity contribution in [2.45, 2.75) is 37.9 Å². The van der Waals surface area contributed by atoms with E-state index in [1.165, 1.54) is 43.5 Å². The minimum Gasteiger partial charge on any atom is -0.356 e. The molecule has 4 rings (SSSR count). The van der Waals surface area contributed by atoms with Gasteiger partial charge in [0.2, 0.25) is 0 Å². The Morgan fingerprint density at radius 3 is 2.67 bits per heavy atom. The Labute approximate surface area is 179 Å². The summed E-state index contributed by atoms with van der Waals surface area (Å²) in [6, 6.07) is 5.50. The van der Waals surface area contributed by atoms with Crippen LogP contribution in [0.4, 0.5) is 10.2 Å². The van der Waals surface area contributed by atoms with Gasteiger partial charge in [0.1, 0.15) is 11.6 Å². The average molecular weight is 429 g/mol. The van der Waals surface area contributed by atoms with Gasteiger partial charge in [-0.3, -0.25) is 4.79 Å². The molecule has 3 aromatic rings. The van der Waals surface area contributed by atoms with Gasteiger partial charge in [0.15, 0.2) is 10.8 Å². The van der Waals surface area contributed by atoms with Crippen LogP contribution in [-0.2, 0) is 6.54 Å². The Kier molecular flexibility index (Phi) is 6.47. The number of carbonyl (C=O) groups excluding carboxylic acids is 1. The van der Waals surface area contributed by atoms with Crippen molar-refractivity contribution in [1.29, 1.82) is 0 Å². The Bertz CT molecular complexity index is 1020. The zero-order valence-electron chi connectivity index (χ0n) is 17.0. The van der Waals surface area contributed by atoms with Crippen LogP contribution in [0.3, 0.4) is 0 Å². The van der Waals surface area contributed by atoms with E-state index in [9.17, 15) is 9.18 Å². The number of hydrogen-bond donors (Lipinski definition) is 1. The zero-order valence-corrected chi connectivity index (χ0v) is 17.8. The lowest BCUT2D eigenvalue weighted by atomic mass is 10.1. The number of piperidine rings is 1. The van der Waals surface area contributed by atoms with Crippen LogP contribution in [0.15, 0.2) is 35.6 Å². The summed E-state index contributed by atoms with van der Waals surface area (Å²) < 4.78 is 14.8. The quantitative estimate of drug-likeness (QED) is 0.459. The van der Waals surface area contributed by atoms with Crippen LogP contribution >= 0.6 is 11.8 Å². The highest BCUT2D eigenvalue weighted by molar-refractivity contribution is 7.99. The van der Waals surface area contributed by atoms with Gasteiger partial charge in [0.05, 0.1) is 18.1 Å². The summed E-state index contributed by atoms with van der Waals surface area (Å²) in [4.78, 5) is 24.1. The minimum atomic E-state index is -0.362. The topological polar surface area (TPSA) is 75.9 Å². The summed E-state index contributed by atoms with van der Waals surface area (Å²) >= 11 is 1.62. The van der Waals surface area contributed by atoms with Crippen molar-refractivity contribution < 1.29 is 9.18 Å². The van der Waals surface area contributed by atoms with Gasteiger partial charge in [-0.1, -0.05) is 18.7 Å². The molecule has 158 valence electrons. The van der Waals surface area contributed by atoms with Crippen molar-refractivity contribution in [3.8, 4) is 0 Å². The number of benzene rings is 1. The molecular weight excluding hydrogens is 403 g/mol. The first-order valence-electron chi connectivity index (χ1n) is 10.3. The van der Waals surface area contributed by atoms with Gasteiger partial charge in [-0.15, -0.1) is 0 Å². The molecule has 1 aromatic carbocycles. The molecule has 3 heterocycles. The maximum Gasteiger partial charge on any atom is 0.251 e. The number of hydrogen-bond acceptors (Lipinski definition) is 6. The molecule has 0 bridgehead atoms. The van der Waals surface area contributed by atoms with Crippen molar-refractivity contribution >= 4 is 34.5 Å². The number of rotatable bonds is 7. The van der Waals surface area contributed by atoms with Crippen molar-refractivity contribution in [3.05, 3.63) is 41.8 Å². The van der Waals surface area contributed by atoms with E-state index in [2.05, 4.69) is 22.2 Å². The van der Waals surface area contributed by atoms with Crippen LogP contribution in [0.1, 0.15) is 36.5 Å². The van der Waals surface area contributed by atoms with E-state index in [1.54, 1.807) is 11.8 Å². The molecule has 1 saturated heterocycles. The normalized spacial score (nSPS) is 14.3. The predicted molar refractivity (Wildman–Crippen MR) is 117 cm³/mol. The third kappa shape index (κ3) is 4.56. The Balaban J connectivity index is 1.51. The molecule has 0 unspecified atom stereocenters. The number of carbonyl (C=O) groups is 1. The van der Waals surface area contributed by atoms with Gasteiger partial charge in [-0.2, -0.15) is 5.10 Å². The lowest BCUT2D eigenvalue weighted by Gasteiger charge is -2.28. The number of amides is 1. The molecule has 0 atom stereocenters. The van der Waals surface area contributed by atoms with Crippen molar-refractivity contribution in [1.82, 2.24) is 25.1 Å². The summed E-state index contributed by atoms with van der Waals surface area (Å²) in [7, 11) is 0. The first-order valence-corrected chi connectivity index (χ1v) is 11.3. The molecule has 7 nitrogen and oxygen atoms in total. The molecule has 9 heteroatoms. The van der Waals surface area contributed by atoms with Crippen LogP contribution in [0.2, 0.25) is 0 Å². The lowest BCUT2D eigenvalue weighted by Crippen LogP contribution is -2.30. The van der Waals surface area contributed by atoms with Crippen LogP contribution in [0.25, 0.3) is 11.0 Å². The second kappa shape index (κ2) is 9.42. The molecule has 0 saturated carbocycles. The second-order valence-corrected chi connectivity index (χ2v) is 8.41. The molecule has 1 fully saturated rings. The summed E-state index contributed by atoms with van der Waals surface area (Å²) in [5, 5.41) is 9.07. The third-order valence-corrected chi connectivity index (χ3v) is 5.83. The molecule has 1 N–H and O–H groups in total. The smallest absolute Gasteiger partial charge is 0.251 e. The molecule has 1 aliphatic rings. The minimum absolute atomic E-state index is 0.239. The number of nitrogens with one attached hydrogen (secondary N) is 1. The van der Waals surface area contributed by atoms with E-state index in [1.807, 2.05) is 10.9 Å². The van der Waals surface area contributed by atoms with Gasteiger partial charge >= 0.3 is 0 Å². The van der Waals surface area contributed by atoms with E-state index in [4.69, 9.17) is 9.97 Å². The van der Waals surface area contributed by atoms with Gasteiger partial charge < -0.3 is 10.2 Å². The number of aromatic nitrogens is 4. The fourth-order valence-electron chi connectivity index (χ4n) is 3.60. The van der Waals surface area contributed by atoms with E-state index in [0.29, 0.717) is 18.7 Å². The van der Waals surface area contributed by atoms with Gasteiger partial charge in [-0.25, -0.2) is 19.0 Å². The van der Waals surface area contributed by atoms with E-state index in [0.717, 1.165) is 40.9 Å². The van der Waals surface area contributed by atoms with Gasteiger partial charge in [0, 0.05) is 25.2 Å². The number of fused-ring (bicyclic) bond motifs is 1. The van der Waals surface area contributed by atoms with Gasteiger partial charge in [-0.05, 0) is 49.3 Å². The number of thioether (sulfide) groups is 1. The molecule has 30 heavy (non-hydrogen) atoms. The zero-order chi connectivity index (χ0) is 20.9. The van der Waals surface area contributed by atoms with Crippen LogP contribution in [0.5, 0.6) is 0 Å². The van der Waals surface area contributed by atoms with Crippen LogP contribution < -0.4 is 10.2 Å². The fraction of sp³-hybridized carbons (Fsp3) is 0.429. The maximum absolute atomic E-state index is 13.0. The first kappa shape index (κ1) is 20.6. The monoisotopic (exact) mass is 428 g/mol. The predicted octanol–water partition coefficient (Wildman–Crippen LogP) is 3.50. The van der Waals surface area contributed by atoms with Gasteiger partial charge in [0.25, 0.3) is 5.91 Å². The molecule has 1 aliphatic heterocycles. The van der Waals surface area contributed by atoms with Crippen LogP contribution in [0, 0.1) is 5.82 Å². The summed E-state index contributed by atoms with van der Waals surface area (Å²) in [5.41, 5.74) is 1.22. The molecule has 0 radical (unpaired) electrons.